The van der Waals surface area contributed by atoms with Crippen LogP contribution in [-0.4, -0.2) is 29.3 Å². The fraction of sp³-hybridized carbons (Fsp3) is 0.500. The molecule has 4 nitrogen and oxygen atoms in total. The largest absolute Gasteiger partial charge is 0.393 e. The first-order valence-corrected chi connectivity index (χ1v) is 6.23. The van der Waals surface area contributed by atoms with E-state index < -0.39 is 6.10 Å². The zero-order valence-electron chi connectivity index (χ0n) is 10.7. The highest BCUT2D eigenvalue weighted by molar-refractivity contribution is 5.86. The van der Waals surface area contributed by atoms with Crippen molar-refractivity contribution in [2.75, 3.05) is 0 Å². The molecular weight excluding hydrogens is 230 g/mol. The first kappa shape index (κ1) is 13.1. The van der Waals surface area contributed by atoms with E-state index in [0.717, 1.165) is 5.56 Å². The van der Waals surface area contributed by atoms with Gasteiger partial charge in [-0.2, -0.15) is 0 Å². The normalized spacial score (nSPS) is 26.1. The number of aliphatic hydroxyl groups excluding tert-OH is 1. The van der Waals surface area contributed by atoms with Crippen LogP contribution in [0.3, 0.4) is 0 Å². The van der Waals surface area contributed by atoms with Crippen LogP contribution >= 0.6 is 0 Å². The average molecular weight is 249 g/mol. The Balaban J connectivity index is 1.85. The lowest BCUT2D eigenvalue weighted by molar-refractivity contribution is -0.147. The summed E-state index contributed by atoms with van der Waals surface area (Å²) in [4.78, 5) is 11.3. The van der Waals surface area contributed by atoms with Gasteiger partial charge in [-0.15, -0.1) is 0 Å². The maximum absolute atomic E-state index is 11.3. The number of β-lactam (4-membered cyclic amide) rings is 1. The van der Waals surface area contributed by atoms with Crippen molar-refractivity contribution in [1.82, 2.24) is 5.32 Å². The number of hydrogen-bond acceptors (Lipinski definition) is 3. The second-order valence-electron chi connectivity index (χ2n) is 4.80. The van der Waals surface area contributed by atoms with E-state index >= 15 is 0 Å². The van der Waals surface area contributed by atoms with Crippen LogP contribution in [-0.2, 0) is 16.1 Å². The van der Waals surface area contributed by atoms with Gasteiger partial charge in [0.2, 0.25) is 5.91 Å². The highest BCUT2D eigenvalue weighted by atomic mass is 16.5. The molecule has 1 saturated heterocycles. The summed E-state index contributed by atoms with van der Waals surface area (Å²) in [6.07, 6.45) is -0.742. The van der Waals surface area contributed by atoms with Crippen molar-refractivity contribution in [3.63, 3.8) is 0 Å². The van der Waals surface area contributed by atoms with Gasteiger partial charge in [0.1, 0.15) is 0 Å². The number of nitrogens with one attached hydrogen (secondary N) is 1. The van der Waals surface area contributed by atoms with E-state index in [9.17, 15) is 9.90 Å². The summed E-state index contributed by atoms with van der Waals surface area (Å²) in [5.74, 6) is -0.444. The van der Waals surface area contributed by atoms with Crippen LogP contribution in [0.25, 0.3) is 0 Å². The van der Waals surface area contributed by atoms with Gasteiger partial charge in [-0.3, -0.25) is 4.79 Å². The Kier molecular flexibility index (Phi) is 3.99. The number of ether oxygens (including phenoxy) is 1. The third kappa shape index (κ3) is 2.71. The summed E-state index contributed by atoms with van der Waals surface area (Å²) >= 11 is 0. The molecule has 1 amide bonds. The fourth-order valence-electron chi connectivity index (χ4n) is 2.25. The zero-order valence-corrected chi connectivity index (χ0v) is 10.7. The summed E-state index contributed by atoms with van der Waals surface area (Å²) < 4.78 is 5.73. The minimum Gasteiger partial charge on any atom is -0.393 e. The molecule has 0 unspecified atom stereocenters. The molecule has 0 aliphatic carbocycles. The number of aliphatic hydroxyl groups is 1. The molecule has 1 heterocycles. The highest BCUT2D eigenvalue weighted by Gasteiger charge is 2.45. The lowest BCUT2D eigenvalue weighted by Crippen LogP contribution is -2.66. The molecule has 0 bridgehead atoms. The van der Waals surface area contributed by atoms with E-state index in [2.05, 4.69) is 5.32 Å². The number of amides is 1. The monoisotopic (exact) mass is 249 g/mol. The molecule has 1 aromatic carbocycles. The molecular formula is C14H19NO3. The third-order valence-electron chi connectivity index (χ3n) is 3.38. The quantitative estimate of drug-likeness (QED) is 0.768. The first-order valence-electron chi connectivity index (χ1n) is 6.23. The van der Waals surface area contributed by atoms with Crippen molar-refractivity contribution in [3.05, 3.63) is 35.9 Å². The molecule has 2 N–H and O–H groups in total. The van der Waals surface area contributed by atoms with E-state index in [1.165, 1.54) is 0 Å². The summed E-state index contributed by atoms with van der Waals surface area (Å²) in [5, 5.41) is 12.3. The van der Waals surface area contributed by atoms with E-state index in [0.29, 0.717) is 6.61 Å². The topological polar surface area (TPSA) is 58.6 Å². The second-order valence-corrected chi connectivity index (χ2v) is 4.80. The van der Waals surface area contributed by atoms with Gasteiger partial charge in [0.15, 0.2) is 0 Å². The molecule has 0 aromatic heterocycles. The Morgan fingerprint density at radius 1 is 1.33 bits per heavy atom. The predicted molar refractivity (Wildman–Crippen MR) is 67.8 cm³/mol. The lowest BCUT2D eigenvalue weighted by atomic mass is 9.83. The zero-order chi connectivity index (χ0) is 13.1. The minimum absolute atomic E-state index is 0.0924. The highest BCUT2D eigenvalue weighted by Crippen LogP contribution is 2.24. The van der Waals surface area contributed by atoms with Crippen LogP contribution in [0.4, 0.5) is 0 Å². The van der Waals surface area contributed by atoms with Gasteiger partial charge < -0.3 is 15.2 Å². The van der Waals surface area contributed by atoms with Gasteiger partial charge in [0.05, 0.1) is 30.8 Å². The van der Waals surface area contributed by atoms with Gasteiger partial charge in [-0.1, -0.05) is 30.3 Å². The Bertz CT molecular complexity index is 405. The van der Waals surface area contributed by atoms with Crippen molar-refractivity contribution in [1.29, 1.82) is 0 Å². The summed E-state index contributed by atoms with van der Waals surface area (Å²) in [5.41, 5.74) is 1.10. The average Bonchev–Trinajstić information content (AvgIpc) is 2.33. The van der Waals surface area contributed by atoms with Crippen LogP contribution in [0.1, 0.15) is 19.4 Å². The van der Waals surface area contributed by atoms with Gasteiger partial charge in [-0.25, -0.2) is 0 Å². The van der Waals surface area contributed by atoms with E-state index in [1.54, 1.807) is 6.92 Å². The Morgan fingerprint density at radius 2 is 2.00 bits per heavy atom. The van der Waals surface area contributed by atoms with Crippen molar-refractivity contribution >= 4 is 5.91 Å². The minimum atomic E-state index is -0.633. The molecule has 0 radical (unpaired) electrons. The molecule has 1 fully saturated rings. The van der Waals surface area contributed by atoms with Crippen molar-refractivity contribution < 1.29 is 14.6 Å². The van der Waals surface area contributed by atoms with Crippen LogP contribution in [0.5, 0.6) is 0 Å². The van der Waals surface area contributed by atoms with Crippen LogP contribution in [0.2, 0.25) is 0 Å². The number of benzene rings is 1. The summed E-state index contributed by atoms with van der Waals surface area (Å²) in [7, 11) is 0. The number of rotatable bonds is 5. The Labute approximate surface area is 107 Å². The lowest BCUT2D eigenvalue weighted by Gasteiger charge is -2.41. The Hall–Kier alpha value is -1.39. The maximum atomic E-state index is 11.3. The number of carbonyl (C=O) groups is 1. The summed E-state index contributed by atoms with van der Waals surface area (Å²) in [6, 6.07) is 9.79. The van der Waals surface area contributed by atoms with Gasteiger partial charge in [0.25, 0.3) is 0 Å². The summed E-state index contributed by atoms with van der Waals surface area (Å²) in [6.45, 7) is 4.07. The number of hydrogen-bond donors (Lipinski definition) is 2. The molecule has 4 heteroatoms. The van der Waals surface area contributed by atoms with Gasteiger partial charge >= 0.3 is 0 Å². The van der Waals surface area contributed by atoms with E-state index in [1.807, 2.05) is 37.3 Å². The molecule has 1 aromatic rings. The van der Waals surface area contributed by atoms with E-state index in [4.69, 9.17) is 4.74 Å². The second kappa shape index (κ2) is 5.50. The maximum Gasteiger partial charge on any atom is 0.228 e. The molecule has 1 aliphatic rings. The third-order valence-corrected chi connectivity index (χ3v) is 3.38. The molecule has 18 heavy (non-hydrogen) atoms. The van der Waals surface area contributed by atoms with Crippen molar-refractivity contribution in [3.8, 4) is 0 Å². The predicted octanol–water partition coefficient (Wildman–Crippen LogP) is 1.09. The van der Waals surface area contributed by atoms with Gasteiger partial charge in [0, 0.05) is 0 Å². The molecule has 0 saturated carbocycles. The SMILES string of the molecule is C[C@H](OCc1ccccc1)[C@H]1NC(=O)[C@@H]1[C@@H](C)O. The molecule has 98 valence electrons. The Morgan fingerprint density at radius 3 is 2.56 bits per heavy atom. The van der Waals surface area contributed by atoms with Crippen molar-refractivity contribution in [2.45, 2.75) is 38.7 Å². The first-order chi connectivity index (χ1) is 8.59. The fourth-order valence-corrected chi connectivity index (χ4v) is 2.25. The van der Waals surface area contributed by atoms with Crippen LogP contribution in [0, 0.1) is 5.92 Å². The van der Waals surface area contributed by atoms with Crippen LogP contribution in [0.15, 0.2) is 30.3 Å². The van der Waals surface area contributed by atoms with Gasteiger partial charge in [-0.05, 0) is 19.4 Å². The van der Waals surface area contributed by atoms with Crippen molar-refractivity contribution in [2.24, 2.45) is 5.92 Å². The molecule has 1 aliphatic heterocycles. The van der Waals surface area contributed by atoms with Crippen LogP contribution < -0.4 is 5.32 Å². The molecule has 0 spiro atoms. The smallest absolute Gasteiger partial charge is 0.228 e. The van der Waals surface area contributed by atoms with E-state index in [-0.39, 0.29) is 24.0 Å². The standard InChI is InChI=1S/C14H19NO3/c1-9(16)12-13(15-14(12)17)10(2)18-8-11-6-4-3-5-7-11/h3-7,9-10,12-13,16H,8H2,1-2H3,(H,15,17)/t9-,10+,12-,13-/m1/s1. The molecule has 2 rings (SSSR count). The molecule has 4 atom stereocenters. The number of carbonyl (C=O) groups excluding carboxylic acids is 1.